The number of phenols is 1. The highest BCUT2D eigenvalue weighted by atomic mass is 16.3. The highest BCUT2D eigenvalue weighted by Crippen LogP contribution is 2.22. The molecule has 2 aromatic carbocycles. The minimum atomic E-state index is -0.215. The molecule has 3 N–H and O–H groups in total. The fourth-order valence-electron chi connectivity index (χ4n) is 2.12. The van der Waals surface area contributed by atoms with Gasteiger partial charge in [0.2, 0.25) is 0 Å². The topological polar surface area (TPSA) is 61.4 Å². The van der Waals surface area contributed by atoms with Crippen LogP contribution in [-0.4, -0.2) is 17.6 Å². The van der Waals surface area contributed by atoms with Gasteiger partial charge in [0.15, 0.2) is 0 Å². The Labute approximate surface area is 124 Å². The van der Waals surface area contributed by atoms with Gasteiger partial charge in [0.05, 0.1) is 0 Å². The van der Waals surface area contributed by atoms with Gasteiger partial charge in [-0.25, -0.2) is 0 Å². The van der Waals surface area contributed by atoms with E-state index in [1.165, 1.54) is 0 Å². The fourth-order valence-corrected chi connectivity index (χ4v) is 2.12. The average Bonchev–Trinajstić information content (AvgIpc) is 2.49. The first-order valence-electron chi connectivity index (χ1n) is 7.02. The second kappa shape index (κ2) is 6.90. The zero-order valence-corrected chi connectivity index (χ0v) is 12.3. The highest BCUT2D eigenvalue weighted by molar-refractivity contribution is 6.06. The second-order valence-corrected chi connectivity index (χ2v) is 4.84. The third kappa shape index (κ3) is 3.61. The van der Waals surface area contributed by atoms with Gasteiger partial charge in [-0.1, -0.05) is 31.2 Å². The van der Waals surface area contributed by atoms with Gasteiger partial charge in [-0.2, -0.15) is 0 Å². The Morgan fingerprint density at radius 2 is 1.90 bits per heavy atom. The maximum absolute atomic E-state index is 12.4. The summed E-state index contributed by atoms with van der Waals surface area (Å²) in [5.74, 6) is -0.0871. The summed E-state index contributed by atoms with van der Waals surface area (Å²) in [5.41, 5.74) is 2.88. The highest BCUT2D eigenvalue weighted by Gasteiger charge is 2.12. The van der Waals surface area contributed by atoms with Crippen LogP contribution in [0.5, 0.6) is 5.75 Å². The molecule has 1 amide bonds. The molecule has 0 atom stereocenters. The summed E-state index contributed by atoms with van der Waals surface area (Å²) in [6, 6.07) is 12.6. The molecular weight excluding hydrogens is 264 g/mol. The number of anilines is 1. The van der Waals surface area contributed by atoms with Crippen LogP contribution >= 0.6 is 0 Å². The van der Waals surface area contributed by atoms with Crippen molar-refractivity contribution < 1.29 is 9.90 Å². The van der Waals surface area contributed by atoms with Gasteiger partial charge in [-0.15, -0.1) is 0 Å². The Hall–Kier alpha value is -2.33. The molecule has 110 valence electrons. The summed E-state index contributed by atoms with van der Waals surface area (Å²) in [5, 5.41) is 15.9. The fraction of sp³-hybridized carbons (Fsp3) is 0.235. The third-order valence-electron chi connectivity index (χ3n) is 3.38. The lowest BCUT2D eigenvalue weighted by atomic mass is 10.1. The quantitative estimate of drug-likeness (QED) is 0.790. The van der Waals surface area contributed by atoms with Gasteiger partial charge < -0.3 is 15.7 Å². The number of para-hydroxylation sites is 1. The predicted octanol–water partition coefficient (Wildman–Crippen LogP) is 3.06. The number of carbonyl (C=O) groups excluding carboxylic acids is 1. The van der Waals surface area contributed by atoms with Crippen molar-refractivity contribution in [3.63, 3.8) is 0 Å². The molecule has 0 heterocycles. The normalized spacial score (nSPS) is 10.4. The molecular formula is C17H20N2O2. The maximum atomic E-state index is 12.4. The van der Waals surface area contributed by atoms with Crippen molar-refractivity contribution >= 4 is 11.6 Å². The molecule has 0 radical (unpaired) electrons. The number of hydrogen-bond donors (Lipinski definition) is 3. The van der Waals surface area contributed by atoms with Crippen LogP contribution in [0.3, 0.4) is 0 Å². The molecule has 0 fully saturated rings. The van der Waals surface area contributed by atoms with Crippen LogP contribution in [0.4, 0.5) is 5.69 Å². The van der Waals surface area contributed by atoms with Gasteiger partial charge >= 0.3 is 0 Å². The first-order valence-corrected chi connectivity index (χ1v) is 7.02. The average molecular weight is 284 g/mol. The second-order valence-electron chi connectivity index (χ2n) is 4.84. The smallest absolute Gasteiger partial charge is 0.256 e. The Kier molecular flexibility index (Phi) is 4.95. The van der Waals surface area contributed by atoms with Crippen molar-refractivity contribution in [2.75, 3.05) is 11.9 Å². The van der Waals surface area contributed by atoms with Crippen LogP contribution in [0.2, 0.25) is 0 Å². The Balaban J connectivity index is 2.22. The van der Waals surface area contributed by atoms with Crippen molar-refractivity contribution in [1.29, 1.82) is 0 Å². The SMILES string of the molecule is CCNCc1ccccc1NC(=O)c1cccc(O)c1C. The summed E-state index contributed by atoms with van der Waals surface area (Å²) in [6.07, 6.45) is 0. The molecule has 0 saturated heterocycles. The van der Waals surface area contributed by atoms with Crippen LogP contribution in [0, 0.1) is 6.92 Å². The summed E-state index contributed by atoms with van der Waals surface area (Å²) in [6.45, 7) is 5.34. The zero-order valence-electron chi connectivity index (χ0n) is 12.3. The first kappa shape index (κ1) is 15.1. The number of carbonyl (C=O) groups is 1. The van der Waals surface area contributed by atoms with Gasteiger partial charge in [-0.05, 0) is 37.2 Å². The van der Waals surface area contributed by atoms with E-state index in [1.54, 1.807) is 25.1 Å². The van der Waals surface area contributed by atoms with Crippen molar-refractivity contribution in [2.45, 2.75) is 20.4 Å². The van der Waals surface area contributed by atoms with Crippen molar-refractivity contribution in [2.24, 2.45) is 0 Å². The van der Waals surface area contributed by atoms with Crippen LogP contribution in [0.1, 0.15) is 28.4 Å². The Bertz CT molecular complexity index is 638. The van der Waals surface area contributed by atoms with Crippen LogP contribution < -0.4 is 10.6 Å². The van der Waals surface area contributed by atoms with E-state index in [0.717, 1.165) is 17.8 Å². The van der Waals surface area contributed by atoms with Gasteiger partial charge in [0.25, 0.3) is 5.91 Å². The Morgan fingerprint density at radius 1 is 1.14 bits per heavy atom. The largest absolute Gasteiger partial charge is 0.508 e. The lowest BCUT2D eigenvalue weighted by molar-refractivity contribution is 0.102. The lowest BCUT2D eigenvalue weighted by Crippen LogP contribution is -2.17. The van der Waals surface area contributed by atoms with E-state index in [-0.39, 0.29) is 11.7 Å². The number of nitrogens with one attached hydrogen (secondary N) is 2. The van der Waals surface area contributed by atoms with E-state index in [0.29, 0.717) is 17.7 Å². The molecule has 0 aromatic heterocycles. The summed E-state index contributed by atoms with van der Waals surface area (Å²) < 4.78 is 0. The zero-order chi connectivity index (χ0) is 15.2. The van der Waals surface area contributed by atoms with Crippen LogP contribution in [0.25, 0.3) is 0 Å². The monoisotopic (exact) mass is 284 g/mol. The number of benzene rings is 2. The van der Waals surface area contributed by atoms with E-state index in [1.807, 2.05) is 31.2 Å². The standard InChI is InChI=1S/C17H20N2O2/c1-3-18-11-13-7-4-5-9-15(13)19-17(21)14-8-6-10-16(20)12(14)2/h4-10,18,20H,3,11H2,1-2H3,(H,19,21). The van der Waals surface area contributed by atoms with E-state index in [9.17, 15) is 9.90 Å². The predicted molar refractivity (Wildman–Crippen MR) is 84.6 cm³/mol. The summed E-state index contributed by atoms with van der Waals surface area (Å²) in [7, 11) is 0. The number of amides is 1. The molecule has 0 saturated carbocycles. The first-order chi connectivity index (χ1) is 10.1. The van der Waals surface area contributed by atoms with Crippen molar-refractivity contribution in [3.8, 4) is 5.75 Å². The molecule has 4 nitrogen and oxygen atoms in total. The molecule has 0 bridgehead atoms. The molecule has 0 aliphatic heterocycles. The molecule has 0 unspecified atom stereocenters. The number of hydrogen-bond acceptors (Lipinski definition) is 3. The molecule has 0 aliphatic carbocycles. The van der Waals surface area contributed by atoms with E-state index in [4.69, 9.17) is 0 Å². The Morgan fingerprint density at radius 3 is 2.67 bits per heavy atom. The molecule has 0 aliphatic rings. The molecule has 0 spiro atoms. The number of aromatic hydroxyl groups is 1. The van der Waals surface area contributed by atoms with Crippen molar-refractivity contribution in [1.82, 2.24) is 5.32 Å². The van der Waals surface area contributed by atoms with Gasteiger partial charge in [-0.3, -0.25) is 4.79 Å². The molecule has 2 rings (SSSR count). The van der Waals surface area contributed by atoms with Crippen molar-refractivity contribution in [3.05, 3.63) is 59.2 Å². The minimum Gasteiger partial charge on any atom is -0.508 e. The molecule has 4 heteroatoms. The number of rotatable bonds is 5. The maximum Gasteiger partial charge on any atom is 0.256 e. The van der Waals surface area contributed by atoms with E-state index < -0.39 is 0 Å². The molecule has 2 aromatic rings. The third-order valence-corrected chi connectivity index (χ3v) is 3.38. The van der Waals surface area contributed by atoms with Gasteiger partial charge in [0, 0.05) is 23.4 Å². The molecule has 21 heavy (non-hydrogen) atoms. The van der Waals surface area contributed by atoms with Crippen LogP contribution in [0.15, 0.2) is 42.5 Å². The van der Waals surface area contributed by atoms with E-state index in [2.05, 4.69) is 10.6 Å². The van der Waals surface area contributed by atoms with E-state index >= 15 is 0 Å². The summed E-state index contributed by atoms with van der Waals surface area (Å²) >= 11 is 0. The lowest BCUT2D eigenvalue weighted by Gasteiger charge is -2.13. The van der Waals surface area contributed by atoms with Crippen LogP contribution in [-0.2, 0) is 6.54 Å². The number of phenolic OH excluding ortho intramolecular Hbond substituents is 1. The minimum absolute atomic E-state index is 0.128. The van der Waals surface area contributed by atoms with Gasteiger partial charge in [0.1, 0.15) is 5.75 Å². The summed E-state index contributed by atoms with van der Waals surface area (Å²) in [4.78, 5) is 12.4.